The van der Waals surface area contributed by atoms with E-state index in [1.807, 2.05) is 19.1 Å². The minimum Gasteiger partial charge on any atom is -0.309 e. The molecular formula is C33H23NU. The predicted molar refractivity (Wildman–Crippen MR) is 144 cm³/mol. The van der Waals surface area contributed by atoms with Crippen LogP contribution in [-0.2, 0) is 0 Å². The summed E-state index contributed by atoms with van der Waals surface area (Å²) in [5.74, 6) is 0. The number of fused-ring (bicyclic) bond motifs is 3. The van der Waals surface area contributed by atoms with Gasteiger partial charge in [0, 0.05) is 16.5 Å². The summed E-state index contributed by atoms with van der Waals surface area (Å²) in [4.78, 5) is 0. The average molecular weight is 672 g/mol. The molecule has 0 N–H and O–H groups in total. The summed E-state index contributed by atoms with van der Waals surface area (Å²) in [6.45, 7) is 6.18. The van der Waals surface area contributed by atoms with E-state index in [1.165, 1.54) is 27.5 Å². The molecule has 1 heterocycles. The van der Waals surface area contributed by atoms with Gasteiger partial charge in [-0.3, -0.25) is 0 Å². The van der Waals surface area contributed by atoms with Crippen LogP contribution < -0.4 is 0 Å². The molecule has 0 amide bonds. The fourth-order valence-corrected chi connectivity index (χ4v) is 4.79. The van der Waals surface area contributed by atoms with Crippen LogP contribution >= 0.6 is 0 Å². The van der Waals surface area contributed by atoms with Gasteiger partial charge in [0.25, 0.3) is 0 Å². The number of hydrogen-bond acceptors (Lipinski definition) is 0. The van der Waals surface area contributed by atoms with Crippen molar-refractivity contribution in [3.63, 3.8) is 0 Å². The molecule has 0 spiro atoms. The Hall–Kier alpha value is -3.31. The molecule has 0 saturated carbocycles. The van der Waals surface area contributed by atoms with Crippen LogP contribution in [0.3, 0.4) is 0 Å². The molecular weight excluding hydrogens is 648 g/mol. The molecule has 0 unspecified atom stereocenters. The summed E-state index contributed by atoms with van der Waals surface area (Å²) < 4.78 is 2.34. The zero-order chi connectivity index (χ0) is 23.1. The molecule has 164 valence electrons. The van der Waals surface area contributed by atoms with Gasteiger partial charge in [-0.05, 0) is 31.2 Å². The standard InChI is InChI=1S/C33H23N.U/c1-23(2)28-15-6-7-16-29(28)26-12-10-11-24(21-26)25-19-20-33-31(22-25)30-17-8-9-18-32(30)34(33)27-13-4-3-5-14-27;/h3-15,17-20,22H,1H2,2H3;/q-2;+2. The second kappa shape index (κ2) is 9.75. The summed E-state index contributed by atoms with van der Waals surface area (Å²) >= 11 is 0. The zero-order valence-electron chi connectivity index (χ0n) is 19.5. The maximum atomic E-state index is 4.15. The SMILES string of the molecule is C=C(C)c1ccc[c-]c1-c1[c-]c(-c2ccc3c(c2)c2ccccc2n3-c2ccccc2)ccc1.[U+2]. The number of allylic oxidation sites excluding steroid dienone is 1. The fourth-order valence-electron chi connectivity index (χ4n) is 4.79. The molecule has 6 aromatic rings. The molecule has 0 aliphatic rings. The van der Waals surface area contributed by atoms with Gasteiger partial charge in [-0.15, -0.1) is 47.5 Å². The first kappa shape index (κ1) is 23.4. The van der Waals surface area contributed by atoms with Gasteiger partial charge in [0.2, 0.25) is 0 Å². The summed E-state index contributed by atoms with van der Waals surface area (Å²) in [7, 11) is 0. The maximum absolute atomic E-state index is 4.15. The number of nitrogens with zero attached hydrogens (tertiary/aromatic N) is 1. The Morgan fingerprint density at radius 2 is 1.46 bits per heavy atom. The van der Waals surface area contributed by atoms with Crippen LogP contribution in [0.2, 0.25) is 0 Å². The van der Waals surface area contributed by atoms with E-state index < -0.39 is 0 Å². The van der Waals surface area contributed by atoms with E-state index in [9.17, 15) is 0 Å². The second-order valence-corrected chi connectivity index (χ2v) is 8.64. The Balaban J connectivity index is 0.00000253. The van der Waals surface area contributed by atoms with Crippen LogP contribution in [0.4, 0.5) is 0 Å². The van der Waals surface area contributed by atoms with Crippen LogP contribution in [0.1, 0.15) is 12.5 Å². The van der Waals surface area contributed by atoms with Crippen LogP contribution in [0, 0.1) is 43.2 Å². The first-order chi connectivity index (χ1) is 16.7. The Kier molecular flexibility index (Phi) is 6.53. The average Bonchev–Trinajstić information content (AvgIpc) is 3.23. The molecule has 0 aliphatic carbocycles. The minimum atomic E-state index is 0. The van der Waals surface area contributed by atoms with E-state index in [1.54, 1.807) is 0 Å². The molecule has 0 radical (unpaired) electrons. The third-order valence-electron chi connectivity index (χ3n) is 6.38. The molecule has 0 fully saturated rings. The van der Waals surface area contributed by atoms with Crippen molar-refractivity contribution in [1.29, 1.82) is 0 Å². The van der Waals surface area contributed by atoms with Crippen molar-refractivity contribution in [2.24, 2.45) is 0 Å². The predicted octanol–water partition coefficient (Wildman–Crippen LogP) is 8.75. The van der Waals surface area contributed by atoms with E-state index in [0.29, 0.717) is 0 Å². The Morgan fingerprint density at radius 3 is 2.29 bits per heavy atom. The summed E-state index contributed by atoms with van der Waals surface area (Å²) in [5.41, 5.74) is 10.0. The van der Waals surface area contributed by atoms with Crippen LogP contribution in [0.5, 0.6) is 0 Å². The second-order valence-electron chi connectivity index (χ2n) is 8.64. The molecule has 5 aromatic carbocycles. The third-order valence-corrected chi connectivity index (χ3v) is 6.38. The Labute approximate surface area is 230 Å². The molecule has 0 atom stereocenters. The van der Waals surface area contributed by atoms with Crippen molar-refractivity contribution in [2.75, 3.05) is 0 Å². The monoisotopic (exact) mass is 671 g/mol. The normalized spacial score (nSPS) is 10.9. The minimum absolute atomic E-state index is 0. The molecule has 0 saturated heterocycles. The van der Waals surface area contributed by atoms with Gasteiger partial charge in [-0.25, -0.2) is 5.56 Å². The molecule has 2 heteroatoms. The Bertz CT molecular complexity index is 1670. The van der Waals surface area contributed by atoms with Crippen molar-refractivity contribution < 1.29 is 31.1 Å². The topological polar surface area (TPSA) is 4.93 Å². The summed E-state index contributed by atoms with van der Waals surface area (Å²) in [6.07, 6.45) is 0. The quantitative estimate of drug-likeness (QED) is 0.165. The smallest absolute Gasteiger partial charge is 0.309 e. The van der Waals surface area contributed by atoms with E-state index in [4.69, 9.17) is 0 Å². The molecule has 1 aromatic heterocycles. The van der Waals surface area contributed by atoms with E-state index >= 15 is 0 Å². The van der Waals surface area contributed by atoms with E-state index in [0.717, 1.165) is 33.4 Å². The van der Waals surface area contributed by atoms with Crippen LogP contribution in [0.25, 0.3) is 55.3 Å². The van der Waals surface area contributed by atoms with Crippen molar-refractivity contribution in [3.05, 3.63) is 133 Å². The molecule has 1 nitrogen and oxygen atoms in total. The number of rotatable bonds is 4. The number of aromatic nitrogens is 1. The van der Waals surface area contributed by atoms with Gasteiger partial charge in [-0.1, -0.05) is 54.1 Å². The van der Waals surface area contributed by atoms with Crippen molar-refractivity contribution in [1.82, 2.24) is 4.57 Å². The summed E-state index contributed by atoms with van der Waals surface area (Å²) in [6, 6.07) is 45.3. The first-order valence-corrected chi connectivity index (χ1v) is 11.5. The largest absolute Gasteiger partial charge is 2.00 e. The molecule has 0 aliphatic heterocycles. The van der Waals surface area contributed by atoms with Gasteiger partial charge in [0.15, 0.2) is 0 Å². The van der Waals surface area contributed by atoms with Gasteiger partial charge in [0.05, 0.1) is 11.0 Å². The number of benzene rings is 5. The molecule has 0 bridgehead atoms. The van der Waals surface area contributed by atoms with E-state index in [-0.39, 0.29) is 31.1 Å². The zero-order valence-corrected chi connectivity index (χ0v) is 23.7. The molecule has 35 heavy (non-hydrogen) atoms. The first-order valence-electron chi connectivity index (χ1n) is 11.5. The van der Waals surface area contributed by atoms with E-state index in [2.05, 4.69) is 120 Å². The number of para-hydroxylation sites is 2. The van der Waals surface area contributed by atoms with Gasteiger partial charge < -0.3 is 4.57 Å². The van der Waals surface area contributed by atoms with Crippen LogP contribution in [-0.4, -0.2) is 4.57 Å². The Morgan fingerprint density at radius 1 is 0.714 bits per heavy atom. The van der Waals surface area contributed by atoms with Crippen molar-refractivity contribution >= 4 is 27.4 Å². The van der Waals surface area contributed by atoms with Crippen molar-refractivity contribution in [2.45, 2.75) is 6.92 Å². The van der Waals surface area contributed by atoms with Crippen LogP contribution in [0.15, 0.2) is 116 Å². The maximum Gasteiger partial charge on any atom is 2.00 e. The fraction of sp³-hybridized carbons (Fsp3) is 0.0303. The van der Waals surface area contributed by atoms with Crippen molar-refractivity contribution in [3.8, 4) is 27.9 Å². The van der Waals surface area contributed by atoms with Gasteiger partial charge in [-0.2, -0.15) is 29.8 Å². The summed E-state index contributed by atoms with van der Waals surface area (Å²) in [5, 5.41) is 2.49. The number of hydrogen-bond donors (Lipinski definition) is 0. The van der Waals surface area contributed by atoms with Gasteiger partial charge >= 0.3 is 31.1 Å². The van der Waals surface area contributed by atoms with Gasteiger partial charge in [0.1, 0.15) is 0 Å². The third kappa shape index (κ3) is 4.19. The molecule has 6 rings (SSSR count).